The van der Waals surface area contributed by atoms with Crippen molar-refractivity contribution in [1.29, 1.82) is 0 Å². The van der Waals surface area contributed by atoms with Gasteiger partial charge >= 0.3 is 0 Å². The van der Waals surface area contributed by atoms with Gasteiger partial charge in [-0.3, -0.25) is 14.5 Å². The van der Waals surface area contributed by atoms with Gasteiger partial charge in [0.2, 0.25) is 0 Å². The molecule has 7 heteroatoms. The Bertz CT molecular complexity index is 1430. The molecule has 1 amide bonds. The molecule has 0 radical (unpaired) electrons. The summed E-state index contributed by atoms with van der Waals surface area (Å²) in [4.78, 5) is 28.7. The second kappa shape index (κ2) is 11.9. The fourth-order valence-electron chi connectivity index (χ4n) is 4.87. The Balaban J connectivity index is 1.94. The number of aliphatic hydroxyl groups is 1. The van der Waals surface area contributed by atoms with Crippen LogP contribution >= 0.6 is 0 Å². The number of amides is 1. The van der Waals surface area contributed by atoms with Crippen molar-refractivity contribution in [3.63, 3.8) is 0 Å². The van der Waals surface area contributed by atoms with Crippen molar-refractivity contribution in [3.8, 4) is 17.2 Å². The monoisotopic (exact) mass is 543 g/mol. The Labute approximate surface area is 236 Å². The van der Waals surface area contributed by atoms with E-state index in [9.17, 15) is 14.7 Å². The Morgan fingerprint density at radius 2 is 1.65 bits per heavy atom. The number of methoxy groups -OCH3 is 1. The number of rotatable bonds is 9. The number of anilines is 1. The molecular weight excluding hydrogens is 506 g/mol. The number of hydrogen-bond donors (Lipinski definition) is 1. The lowest BCUT2D eigenvalue weighted by atomic mass is 9.84. The summed E-state index contributed by atoms with van der Waals surface area (Å²) in [7, 11) is 1.54. The van der Waals surface area contributed by atoms with Crippen LogP contribution in [0.3, 0.4) is 0 Å². The molecule has 1 N–H and O–H groups in total. The van der Waals surface area contributed by atoms with Gasteiger partial charge in [0.25, 0.3) is 11.7 Å². The van der Waals surface area contributed by atoms with Crippen molar-refractivity contribution in [2.45, 2.75) is 52.5 Å². The molecule has 0 aliphatic carbocycles. The van der Waals surface area contributed by atoms with E-state index in [1.165, 1.54) is 12.0 Å². The quantitative estimate of drug-likeness (QED) is 0.181. The normalized spacial score (nSPS) is 16.8. The lowest BCUT2D eigenvalue weighted by Gasteiger charge is -2.26. The van der Waals surface area contributed by atoms with Crippen LogP contribution in [0.25, 0.3) is 5.76 Å². The van der Waals surface area contributed by atoms with Crippen LogP contribution in [0.4, 0.5) is 5.69 Å². The van der Waals surface area contributed by atoms with Gasteiger partial charge in [-0.05, 0) is 66.8 Å². The van der Waals surface area contributed by atoms with E-state index in [0.29, 0.717) is 47.3 Å². The Morgan fingerprint density at radius 3 is 2.33 bits per heavy atom. The highest BCUT2D eigenvalue weighted by Crippen LogP contribution is 2.44. The molecule has 1 aliphatic rings. The van der Waals surface area contributed by atoms with Crippen molar-refractivity contribution >= 4 is 23.1 Å². The summed E-state index contributed by atoms with van der Waals surface area (Å²) in [5.41, 5.74) is 2.14. The maximum Gasteiger partial charge on any atom is 0.300 e. The molecule has 40 heavy (non-hydrogen) atoms. The molecule has 1 saturated heterocycles. The molecule has 3 aromatic carbocycles. The molecule has 210 valence electrons. The van der Waals surface area contributed by atoms with Crippen LogP contribution in [0, 0.1) is 0 Å². The average Bonchev–Trinajstić information content (AvgIpc) is 3.21. The van der Waals surface area contributed by atoms with Crippen molar-refractivity contribution < 1.29 is 28.9 Å². The molecule has 0 spiro atoms. The molecule has 1 unspecified atom stereocenters. The lowest BCUT2D eigenvalue weighted by molar-refractivity contribution is -0.132. The highest BCUT2D eigenvalue weighted by Gasteiger charge is 2.47. The fourth-order valence-corrected chi connectivity index (χ4v) is 4.87. The third kappa shape index (κ3) is 5.69. The minimum atomic E-state index is -0.887. The summed E-state index contributed by atoms with van der Waals surface area (Å²) in [6, 6.07) is 18.7. The van der Waals surface area contributed by atoms with E-state index in [0.717, 1.165) is 12.0 Å². The number of Topliss-reactive ketones (excluding diaryl/α,β-unsaturated/α-hetero) is 1. The van der Waals surface area contributed by atoms with E-state index in [-0.39, 0.29) is 16.7 Å². The number of nitrogens with zero attached hydrogens (tertiary/aromatic N) is 1. The minimum absolute atomic E-state index is 0.00415. The van der Waals surface area contributed by atoms with Crippen molar-refractivity contribution in [1.82, 2.24) is 0 Å². The first kappa shape index (κ1) is 28.7. The molecule has 1 fully saturated rings. The zero-order chi connectivity index (χ0) is 29.0. The molecule has 0 bridgehead atoms. The summed E-state index contributed by atoms with van der Waals surface area (Å²) < 4.78 is 17.1. The predicted molar refractivity (Wildman–Crippen MR) is 156 cm³/mol. The number of aliphatic hydroxyl groups excluding tert-OH is 1. The van der Waals surface area contributed by atoms with Crippen molar-refractivity contribution in [2.24, 2.45) is 0 Å². The second-order valence-corrected chi connectivity index (χ2v) is 10.7. The van der Waals surface area contributed by atoms with E-state index < -0.39 is 17.7 Å². The molecule has 1 aliphatic heterocycles. The highest BCUT2D eigenvalue weighted by atomic mass is 16.5. The average molecular weight is 544 g/mol. The third-order valence-corrected chi connectivity index (χ3v) is 6.78. The van der Waals surface area contributed by atoms with Gasteiger partial charge in [0.1, 0.15) is 23.0 Å². The van der Waals surface area contributed by atoms with E-state index in [4.69, 9.17) is 14.2 Å². The first-order valence-electron chi connectivity index (χ1n) is 13.6. The summed E-state index contributed by atoms with van der Waals surface area (Å²) in [6.45, 7) is 11.1. The third-order valence-electron chi connectivity index (χ3n) is 6.78. The van der Waals surface area contributed by atoms with E-state index in [1.807, 2.05) is 44.2 Å². The zero-order valence-electron chi connectivity index (χ0n) is 24.0. The number of carbonyl (C=O) groups is 2. The van der Waals surface area contributed by atoms with Crippen LogP contribution in [0.15, 0.2) is 72.3 Å². The molecule has 4 rings (SSSR count). The smallest absolute Gasteiger partial charge is 0.300 e. The van der Waals surface area contributed by atoms with Crippen LogP contribution in [-0.2, 0) is 15.0 Å². The number of carbonyl (C=O) groups excluding carboxylic acids is 2. The molecule has 1 atom stereocenters. The largest absolute Gasteiger partial charge is 0.507 e. The van der Waals surface area contributed by atoms with Crippen LogP contribution in [0.5, 0.6) is 17.2 Å². The van der Waals surface area contributed by atoms with Crippen molar-refractivity contribution in [2.75, 3.05) is 25.2 Å². The van der Waals surface area contributed by atoms with E-state index in [2.05, 4.69) is 20.8 Å². The SMILES string of the molecule is CCCOc1cccc(C2/C(=C(\O)c3ccc(OCC)c(C(C)(C)C)c3)C(=O)C(=O)N2c2cccc(OC)c2)c1. The molecule has 0 saturated carbocycles. The first-order valence-corrected chi connectivity index (χ1v) is 13.6. The van der Waals surface area contributed by atoms with Gasteiger partial charge in [0, 0.05) is 22.9 Å². The second-order valence-electron chi connectivity index (χ2n) is 10.7. The summed E-state index contributed by atoms with van der Waals surface area (Å²) in [5.74, 6) is 0.118. The fraction of sp³-hybridized carbons (Fsp3) is 0.333. The minimum Gasteiger partial charge on any atom is -0.507 e. The maximum atomic E-state index is 13.7. The van der Waals surface area contributed by atoms with Gasteiger partial charge in [-0.2, -0.15) is 0 Å². The maximum absolute atomic E-state index is 13.7. The molecule has 0 aromatic heterocycles. The molecule has 3 aromatic rings. The predicted octanol–water partition coefficient (Wildman–Crippen LogP) is 6.81. The topological polar surface area (TPSA) is 85.3 Å². The van der Waals surface area contributed by atoms with E-state index >= 15 is 0 Å². The number of hydrogen-bond acceptors (Lipinski definition) is 6. The van der Waals surface area contributed by atoms with Gasteiger partial charge in [-0.1, -0.05) is 45.9 Å². The summed E-state index contributed by atoms with van der Waals surface area (Å²) >= 11 is 0. The Hall–Kier alpha value is -4.26. The van der Waals surface area contributed by atoms with Crippen LogP contribution in [-0.4, -0.2) is 37.1 Å². The zero-order valence-corrected chi connectivity index (χ0v) is 24.0. The molecule has 1 heterocycles. The Morgan fingerprint density at radius 1 is 0.925 bits per heavy atom. The first-order chi connectivity index (χ1) is 19.1. The van der Waals surface area contributed by atoms with Crippen LogP contribution < -0.4 is 19.1 Å². The molecular formula is C33H37NO6. The van der Waals surface area contributed by atoms with Gasteiger partial charge in [0.05, 0.1) is 31.9 Å². The van der Waals surface area contributed by atoms with E-state index in [1.54, 1.807) is 36.4 Å². The summed E-state index contributed by atoms with van der Waals surface area (Å²) in [5, 5.41) is 11.7. The number of ketones is 1. The van der Waals surface area contributed by atoms with Gasteiger partial charge in [-0.25, -0.2) is 0 Å². The van der Waals surface area contributed by atoms with Crippen molar-refractivity contribution in [3.05, 3.63) is 89.0 Å². The van der Waals surface area contributed by atoms with Gasteiger partial charge in [0.15, 0.2) is 0 Å². The van der Waals surface area contributed by atoms with Crippen LogP contribution in [0.1, 0.15) is 63.8 Å². The highest BCUT2D eigenvalue weighted by molar-refractivity contribution is 6.51. The molecule has 7 nitrogen and oxygen atoms in total. The summed E-state index contributed by atoms with van der Waals surface area (Å²) in [6.07, 6.45) is 0.834. The van der Waals surface area contributed by atoms with Gasteiger partial charge < -0.3 is 19.3 Å². The number of ether oxygens (including phenoxy) is 3. The standard InChI is InChI=1S/C33H37NO6/c1-7-17-40-25-14-9-11-21(18-25)29-28(31(36)32(37)34(29)23-12-10-13-24(20-23)38-6)30(35)22-15-16-27(39-8-2)26(19-22)33(3,4)5/h9-16,18-20,29,35H,7-8,17H2,1-6H3/b30-28+. The number of benzene rings is 3. The lowest BCUT2D eigenvalue weighted by Crippen LogP contribution is -2.29. The van der Waals surface area contributed by atoms with Gasteiger partial charge in [-0.15, -0.1) is 0 Å². The van der Waals surface area contributed by atoms with Crippen LogP contribution in [0.2, 0.25) is 0 Å². The Kier molecular flexibility index (Phi) is 8.52.